The third kappa shape index (κ3) is 3.11. The van der Waals surface area contributed by atoms with E-state index >= 15 is 0 Å². The molecule has 0 spiro atoms. The highest BCUT2D eigenvalue weighted by atomic mass is 79.9. The molecule has 0 fully saturated rings. The summed E-state index contributed by atoms with van der Waals surface area (Å²) < 4.78 is 25.4. The molecule has 0 heterocycles. The van der Waals surface area contributed by atoms with Crippen molar-refractivity contribution in [2.24, 2.45) is 0 Å². The number of halogens is 3. The van der Waals surface area contributed by atoms with Gasteiger partial charge in [0.15, 0.2) is 5.78 Å². The van der Waals surface area contributed by atoms with Crippen LogP contribution in [0.5, 0.6) is 11.5 Å². The largest absolute Gasteiger partial charge is 0.495 e. The summed E-state index contributed by atoms with van der Waals surface area (Å²) in [6, 6.07) is 7.38. The summed E-state index contributed by atoms with van der Waals surface area (Å²) in [5, 5.41) is 0. The first-order valence-electron chi connectivity index (χ1n) is 5.89. The molecule has 3 nitrogen and oxygen atoms in total. The van der Waals surface area contributed by atoms with Gasteiger partial charge in [-0.3, -0.25) is 4.79 Å². The van der Waals surface area contributed by atoms with E-state index in [1.54, 1.807) is 12.1 Å². The summed E-state index contributed by atoms with van der Waals surface area (Å²) in [6.07, 6.45) is 0. The SMILES string of the molecule is COc1ccc(C(=O)c2cc(Br)ccc2F)c(OC)c1Br. The number of benzene rings is 2. The lowest BCUT2D eigenvalue weighted by molar-refractivity contribution is 0.103. The van der Waals surface area contributed by atoms with Gasteiger partial charge in [0.25, 0.3) is 0 Å². The third-order valence-corrected chi connectivity index (χ3v) is 4.15. The molecule has 0 aromatic heterocycles. The number of ketones is 1. The fraction of sp³-hybridized carbons (Fsp3) is 0.133. The van der Waals surface area contributed by atoms with Crippen molar-refractivity contribution < 1.29 is 18.7 Å². The summed E-state index contributed by atoms with van der Waals surface area (Å²) in [7, 11) is 2.95. The van der Waals surface area contributed by atoms with Gasteiger partial charge in [-0.05, 0) is 46.3 Å². The molecule has 2 rings (SSSR count). The number of hydrogen-bond donors (Lipinski definition) is 0. The highest BCUT2D eigenvalue weighted by Gasteiger charge is 2.22. The predicted molar refractivity (Wildman–Crippen MR) is 84.8 cm³/mol. The second-order valence-electron chi connectivity index (χ2n) is 4.12. The van der Waals surface area contributed by atoms with Crippen LogP contribution in [0.3, 0.4) is 0 Å². The Balaban J connectivity index is 2.58. The Labute approximate surface area is 138 Å². The van der Waals surface area contributed by atoms with Crippen LogP contribution in [0.1, 0.15) is 15.9 Å². The Kier molecular flexibility index (Phi) is 5.00. The van der Waals surface area contributed by atoms with Crippen molar-refractivity contribution in [3.8, 4) is 11.5 Å². The van der Waals surface area contributed by atoms with Gasteiger partial charge in [-0.2, -0.15) is 0 Å². The highest BCUT2D eigenvalue weighted by molar-refractivity contribution is 9.11. The van der Waals surface area contributed by atoms with Gasteiger partial charge in [-0.1, -0.05) is 15.9 Å². The molecule has 0 atom stereocenters. The van der Waals surface area contributed by atoms with Gasteiger partial charge in [0.2, 0.25) is 0 Å². The van der Waals surface area contributed by atoms with E-state index in [0.29, 0.717) is 20.4 Å². The molecule has 0 radical (unpaired) electrons. The van der Waals surface area contributed by atoms with Crippen LogP contribution < -0.4 is 9.47 Å². The summed E-state index contributed by atoms with van der Waals surface area (Å²) in [5.74, 6) is -0.219. The van der Waals surface area contributed by atoms with Crippen LogP contribution in [-0.2, 0) is 0 Å². The smallest absolute Gasteiger partial charge is 0.199 e. The van der Waals surface area contributed by atoms with E-state index in [1.807, 2.05) is 0 Å². The molecule has 0 aliphatic rings. The Hall–Kier alpha value is -1.40. The van der Waals surface area contributed by atoms with Crippen molar-refractivity contribution in [1.29, 1.82) is 0 Å². The van der Waals surface area contributed by atoms with Crippen LogP contribution in [0.25, 0.3) is 0 Å². The first kappa shape index (κ1) is 16.0. The monoisotopic (exact) mass is 416 g/mol. The molecular formula is C15H11Br2FO3. The number of ether oxygens (including phenoxy) is 2. The van der Waals surface area contributed by atoms with E-state index < -0.39 is 11.6 Å². The van der Waals surface area contributed by atoms with E-state index in [0.717, 1.165) is 0 Å². The second kappa shape index (κ2) is 6.58. The number of hydrogen-bond acceptors (Lipinski definition) is 3. The minimum atomic E-state index is -0.586. The lowest BCUT2D eigenvalue weighted by Gasteiger charge is -2.13. The molecule has 0 aliphatic carbocycles. The third-order valence-electron chi connectivity index (χ3n) is 2.90. The molecule has 0 N–H and O–H groups in total. The Bertz CT molecular complexity index is 702. The minimum Gasteiger partial charge on any atom is -0.495 e. The van der Waals surface area contributed by atoms with Crippen molar-refractivity contribution in [2.75, 3.05) is 14.2 Å². The van der Waals surface area contributed by atoms with Gasteiger partial charge in [0.05, 0.1) is 25.3 Å². The maximum atomic E-state index is 13.9. The lowest BCUT2D eigenvalue weighted by Crippen LogP contribution is -2.07. The maximum Gasteiger partial charge on any atom is 0.199 e. The van der Waals surface area contributed by atoms with Crippen LogP contribution in [-0.4, -0.2) is 20.0 Å². The molecule has 0 bridgehead atoms. The van der Waals surface area contributed by atoms with Crippen LogP contribution in [0.2, 0.25) is 0 Å². The van der Waals surface area contributed by atoms with Crippen molar-refractivity contribution >= 4 is 37.6 Å². The van der Waals surface area contributed by atoms with Crippen molar-refractivity contribution in [2.45, 2.75) is 0 Å². The zero-order valence-electron chi connectivity index (χ0n) is 11.2. The molecule has 2 aromatic carbocycles. The number of carbonyl (C=O) groups excluding carboxylic acids is 1. The molecule has 0 amide bonds. The van der Waals surface area contributed by atoms with E-state index in [-0.39, 0.29) is 11.1 Å². The Morgan fingerprint density at radius 1 is 1.05 bits per heavy atom. The van der Waals surface area contributed by atoms with E-state index in [2.05, 4.69) is 31.9 Å². The van der Waals surface area contributed by atoms with Crippen LogP contribution in [0.4, 0.5) is 4.39 Å². The molecule has 0 aliphatic heterocycles. The highest BCUT2D eigenvalue weighted by Crippen LogP contribution is 2.38. The molecule has 0 saturated carbocycles. The first-order chi connectivity index (χ1) is 9.99. The normalized spacial score (nSPS) is 10.3. The number of rotatable bonds is 4. The van der Waals surface area contributed by atoms with E-state index in [1.165, 1.54) is 32.4 Å². The van der Waals surface area contributed by atoms with Gasteiger partial charge in [0, 0.05) is 4.47 Å². The Morgan fingerprint density at radius 2 is 1.76 bits per heavy atom. The topological polar surface area (TPSA) is 35.5 Å². The first-order valence-corrected chi connectivity index (χ1v) is 7.48. The average molecular weight is 418 g/mol. The molecule has 6 heteroatoms. The summed E-state index contributed by atoms with van der Waals surface area (Å²) in [6.45, 7) is 0. The molecule has 0 unspecified atom stereocenters. The van der Waals surface area contributed by atoms with Gasteiger partial charge in [0.1, 0.15) is 21.8 Å². The zero-order chi connectivity index (χ0) is 15.6. The summed E-state index contributed by atoms with van der Waals surface area (Å²) >= 11 is 6.55. The van der Waals surface area contributed by atoms with Crippen LogP contribution in [0.15, 0.2) is 39.3 Å². The molecular weight excluding hydrogens is 407 g/mol. The van der Waals surface area contributed by atoms with Crippen molar-refractivity contribution in [3.63, 3.8) is 0 Å². The Morgan fingerprint density at radius 3 is 2.38 bits per heavy atom. The molecule has 110 valence electrons. The average Bonchev–Trinajstić information content (AvgIpc) is 2.48. The van der Waals surface area contributed by atoms with Gasteiger partial charge in [-0.15, -0.1) is 0 Å². The second-order valence-corrected chi connectivity index (χ2v) is 5.82. The van der Waals surface area contributed by atoms with E-state index in [9.17, 15) is 9.18 Å². The maximum absolute atomic E-state index is 13.9. The molecule has 2 aromatic rings. The predicted octanol–water partition coefficient (Wildman–Crippen LogP) is 4.60. The number of methoxy groups -OCH3 is 2. The fourth-order valence-electron chi connectivity index (χ4n) is 1.89. The van der Waals surface area contributed by atoms with Gasteiger partial charge in [-0.25, -0.2) is 4.39 Å². The standard InChI is InChI=1S/C15H11Br2FO3/c1-20-12-6-4-9(15(21-2)13(12)17)14(19)10-7-8(16)3-5-11(10)18/h3-7H,1-2H3. The van der Waals surface area contributed by atoms with Gasteiger partial charge >= 0.3 is 0 Å². The summed E-state index contributed by atoms with van der Waals surface area (Å²) in [4.78, 5) is 12.5. The van der Waals surface area contributed by atoms with Crippen LogP contribution in [0, 0.1) is 5.82 Å². The molecule has 21 heavy (non-hydrogen) atoms. The summed E-state index contributed by atoms with van der Waals surface area (Å²) in [5.41, 5.74) is 0.224. The zero-order valence-corrected chi connectivity index (χ0v) is 14.4. The van der Waals surface area contributed by atoms with Gasteiger partial charge < -0.3 is 9.47 Å². The van der Waals surface area contributed by atoms with Crippen molar-refractivity contribution in [3.05, 3.63) is 56.2 Å². The van der Waals surface area contributed by atoms with Crippen molar-refractivity contribution in [1.82, 2.24) is 0 Å². The number of carbonyl (C=O) groups is 1. The lowest BCUT2D eigenvalue weighted by atomic mass is 10.0. The molecule has 0 saturated heterocycles. The quantitative estimate of drug-likeness (QED) is 0.682. The van der Waals surface area contributed by atoms with E-state index in [4.69, 9.17) is 9.47 Å². The minimum absolute atomic E-state index is 0.0280. The fourth-order valence-corrected chi connectivity index (χ4v) is 2.92. The van der Waals surface area contributed by atoms with Crippen LogP contribution >= 0.6 is 31.9 Å².